The number of carbonyl (C=O) groups is 1. The van der Waals surface area contributed by atoms with Crippen LogP contribution in [0.2, 0.25) is 0 Å². The lowest BCUT2D eigenvalue weighted by atomic mass is 9.88. The summed E-state index contributed by atoms with van der Waals surface area (Å²) < 4.78 is 12.7. The predicted molar refractivity (Wildman–Crippen MR) is 180 cm³/mol. The van der Waals surface area contributed by atoms with Crippen molar-refractivity contribution in [1.82, 2.24) is 10.2 Å². The van der Waals surface area contributed by atoms with Gasteiger partial charge in [-0.05, 0) is 94.6 Å². The molecule has 1 saturated heterocycles. The quantitative estimate of drug-likeness (QED) is 0.253. The van der Waals surface area contributed by atoms with Gasteiger partial charge < -0.3 is 10.2 Å². The number of Topliss-reactive ketones (excluding diaryl/α,β-unsaturated/α-hetero) is 1. The Kier molecular flexibility index (Phi) is 29.7. The van der Waals surface area contributed by atoms with Crippen LogP contribution in [0.3, 0.4) is 0 Å². The molecule has 0 spiro atoms. The number of piperidine rings is 1. The number of likely N-dealkylation sites (tertiary alicyclic amines) is 1. The van der Waals surface area contributed by atoms with E-state index in [1.807, 2.05) is 19.9 Å². The summed E-state index contributed by atoms with van der Waals surface area (Å²) in [6.45, 7) is 34.9. The predicted octanol–water partition coefficient (Wildman–Crippen LogP) is 10.4. The highest BCUT2D eigenvalue weighted by molar-refractivity contribution is 5.81. The van der Waals surface area contributed by atoms with Crippen LogP contribution in [0.25, 0.3) is 0 Å². The number of ketones is 1. The van der Waals surface area contributed by atoms with E-state index in [0.717, 1.165) is 63.7 Å². The third-order valence-electron chi connectivity index (χ3n) is 6.73. The molecule has 0 amide bonds. The number of rotatable bonds is 11. The van der Waals surface area contributed by atoms with Gasteiger partial charge >= 0.3 is 0 Å². The van der Waals surface area contributed by atoms with Crippen LogP contribution in [0.1, 0.15) is 121 Å². The summed E-state index contributed by atoms with van der Waals surface area (Å²) >= 11 is 0. The van der Waals surface area contributed by atoms with Crippen molar-refractivity contribution in [3.8, 4) is 0 Å². The summed E-state index contributed by atoms with van der Waals surface area (Å²) in [7, 11) is 2.13. The monoisotopic (exact) mass is 565 g/mol. The number of hydrogen-bond donors (Lipinski definition) is 1. The first-order chi connectivity index (χ1) is 18.9. The van der Waals surface area contributed by atoms with Gasteiger partial charge in [-0.2, -0.15) is 0 Å². The van der Waals surface area contributed by atoms with Crippen molar-refractivity contribution in [2.75, 3.05) is 26.7 Å². The molecule has 236 valence electrons. The molecule has 1 aliphatic heterocycles. The van der Waals surface area contributed by atoms with Gasteiger partial charge in [-0.25, -0.2) is 4.39 Å². The molecule has 0 bridgehead atoms. The van der Waals surface area contributed by atoms with Crippen molar-refractivity contribution < 1.29 is 9.18 Å². The van der Waals surface area contributed by atoms with Crippen molar-refractivity contribution in [3.05, 3.63) is 48.9 Å². The van der Waals surface area contributed by atoms with Gasteiger partial charge in [0.15, 0.2) is 0 Å². The van der Waals surface area contributed by atoms with Gasteiger partial charge in [0.05, 0.1) is 0 Å². The van der Waals surface area contributed by atoms with E-state index in [1.54, 1.807) is 6.08 Å². The zero-order valence-corrected chi connectivity index (χ0v) is 28.7. The van der Waals surface area contributed by atoms with Crippen molar-refractivity contribution in [1.29, 1.82) is 0 Å². The molecule has 3 nitrogen and oxygen atoms in total. The third kappa shape index (κ3) is 24.3. The smallest absolute Gasteiger partial charge is 0.136 e. The lowest BCUT2D eigenvalue weighted by Crippen LogP contribution is -2.33. The van der Waals surface area contributed by atoms with Crippen molar-refractivity contribution in [2.24, 2.45) is 23.7 Å². The fourth-order valence-corrected chi connectivity index (χ4v) is 4.68. The zero-order valence-electron chi connectivity index (χ0n) is 28.7. The summed E-state index contributed by atoms with van der Waals surface area (Å²) in [6.07, 6.45) is 11.3. The average molecular weight is 565 g/mol. The Hall–Kier alpha value is -1.52. The largest absolute Gasteiger partial charge is 0.314 e. The minimum Gasteiger partial charge on any atom is -0.314 e. The molecule has 1 atom stereocenters. The van der Waals surface area contributed by atoms with E-state index in [0.29, 0.717) is 30.0 Å². The van der Waals surface area contributed by atoms with Gasteiger partial charge in [-0.15, -0.1) is 13.2 Å². The standard InChI is InChI=1S/C12H17F.C11H21NO.C9H21N.C2H6.C2H4/c1-9(2)8-10(3)11-4-6-12(13)7-5-11;1-9(2)8-11(13)10-4-6-12(3)7-5-10;1-5-9(10-6-2)7-8(3)4;2*1-2/h4,6,9H,3,5,7-8H2,1-2H3;9-10H,4-8H2,1-3H3;8-10H,5-7H2,1-4H3;1-2H3;1-2H2. The molecule has 0 saturated carbocycles. The average Bonchev–Trinajstić information content (AvgIpc) is 2.91. The Labute approximate surface area is 250 Å². The summed E-state index contributed by atoms with van der Waals surface area (Å²) in [6, 6.07) is 0.741. The topological polar surface area (TPSA) is 32.3 Å². The molecule has 40 heavy (non-hydrogen) atoms. The van der Waals surface area contributed by atoms with Gasteiger partial charge in [-0.3, -0.25) is 4.79 Å². The first-order valence-corrected chi connectivity index (χ1v) is 16.1. The molecule has 1 aliphatic carbocycles. The molecule has 2 aliphatic rings. The second kappa shape index (κ2) is 27.6. The van der Waals surface area contributed by atoms with Crippen LogP contribution in [0.5, 0.6) is 0 Å². The van der Waals surface area contributed by atoms with Crippen LogP contribution in [0, 0.1) is 23.7 Å². The van der Waals surface area contributed by atoms with E-state index in [2.05, 4.69) is 92.4 Å². The van der Waals surface area contributed by atoms with Gasteiger partial charge in [0.25, 0.3) is 0 Å². The van der Waals surface area contributed by atoms with Crippen LogP contribution in [0.4, 0.5) is 4.39 Å². The number of carbonyl (C=O) groups excluding carboxylic acids is 1. The van der Waals surface area contributed by atoms with E-state index in [4.69, 9.17) is 0 Å². The zero-order chi connectivity index (χ0) is 31.7. The highest BCUT2D eigenvalue weighted by Gasteiger charge is 2.23. The van der Waals surface area contributed by atoms with Crippen molar-refractivity contribution >= 4 is 5.78 Å². The molecule has 2 rings (SSSR count). The molecule has 0 aromatic rings. The van der Waals surface area contributed by atoms with Gasteiger partial charge in [-0.1, -0.05) is 87.5 Å². The van der Waals surface area contributed by atoms with E-state index < -0.39 is 0 Å². The highest BCUT2D eigenvalue weighted by atomic mass is 19.1. The molecule has 0 aromatic carbocycles. The van der Waals surface area contributed by atoms with Crippen LogP contribution in [-0.4, -0.2) is 43.4 Å². The second-order valence-electron chi connectivity index (χ2n) is 11.9. The number of hydrogen-bond acceptors (Lipinski definition) is 3. The molecule has 1 fully saturated rings. The van der Waals surface area contributed by atoms with Crippen LogP contribution in [0.15, 0.2) is 48.9 Å². The number of nitrogens with one attached hydrogen (secondary N) is 1. The maximum Gasteiger partial charge on any atom is 0.136 e. The fourth-order valence-electron chi connectivity index (χ4n) is 4.68. The molecule has 1 unspecified atom stereocenters. The molecule has 1 heterocycles. The summed E-state index contributed by atoms with van der Waals surface area (Å²) in [4.78, 5) is 14.0. The van der Waals surface area contributed by atoms with E-state index >= 15 is 0 Å². The van der Waals surface area contributed by atoms with Gasteiger partial charge in [0.2, 0.25) is 0 Å². The van der Waals surface area contributed by atoms with Crippen molar-refractivity contribution in [2.45, 2.75) is 127 Å². The maximum atomic E-state index is 12.7. The summed E-state index contributed by atoms with van der Waals surface area (Å²) in [5.41, 5.74) is 2.38. The van der Waals surface area contributed by atoms with E-state index in [-0.39, 0.29) is 5.83 Å². The van der Waals surface area contributed by atoms with E-state index in [1.165, 1.54) is 24.0 Å². The third-order valence-corrected chi connectivity index (χ3v) is 6.73. The molecule has 0 aromatic heterocycles. The lowest BCUT2D eigenvalue weighted by molar-refractivity contribution is -0.124. The SMILES string of the molecule is C=C.C=C(CC(C)C)C1=CC=C(F)CC1.CC.CC(C)CC(=O)C1CCN(C)CC1.CCNC(CC)CC(C)C. The maximum absolute atomic E-state index is 12.7. The highest BCUT2D eigenvalue weighted by Crippen LogP contribution is 2.27. The Balaban J connectivity index is -0.000000487. The minimum absolute atomic E-state index is 0.0129. The Morgan fingerprint density at radius 2 is 1.48 bits per heavy atom. The van der Waals surface area contributed by atoms with Crippen LogP contribution < -0.4 is 5.32 Å². The first kappa shape index (κ1) is 42.9. The molecular weight excluding hydrogens is 495 g/mol. The van der Waals surface area contributed by atoms with Gasteiger partial charge in [0, 0.05) is 24.8 Å². The Morgan fingerprint density at radius 1 is 0.950 bits per heavy atom. The molecule has 0 radical (unpaired) electrons. The molecule has 4 heteroatoms. The second-order valence-corrected chi connectivity index (χ2v) is 11.9. The molecular formula is C36H69FN2O. The Bertz CT molecular complexity index is 685. The van der Waals surface area contributed by atoms with Crippen LogP contribution in [-0.2, 0) is 4.79 Å². The van der Waals surface area contributed by atoms with Crippen molar-refractivity contribution in [3.63, 3.8) is 0 Å². The number of allylic oxidation sites excluding steroid dienone is 5. The summed E-state index contributed by atoms with van der Waals surface area (Å²) in [5.74, 6) is 2.81. The first-order valence-electron chi connectivity index (χ1n) is 16.1. The Morgan fingerprint density at radius 3 is 1.85 bits per heavy atom. The number of nitrogens with zero attached hydrogens (tertiary/aromatic N) is 1. The molecule has 1 N–H and O–H groups in total. The van der Waals surface area contributed by atoms with Crippen LogP contribution >= 0.6 is 0 Å². The fraction of sp³-hybridized carbons (Fsp3) is 0.750. The minimum atomic E-state index is -0.0129. The van der Waals surface area contributed by atoms with E-state index in [9.17, 15) is 9.18 Å². The number of halogens is 1. The summed E-state index contributed by atoms with van der Waals surface area (Å²) in [5, 5.41) is 3.46. The van der Waals surface area contributed by atoms with Gasteiger partial charge in [0.1, 0.15) is 11.6 Å². The normalized spacial score (nSPS) is 16.1. The lowest BCUT2D eigenvalue weighted by Gasteiger charge is -2.28.